The molecule has 0 aliphatic carbocycles. The summed E-state index contributed by atoms with van der Waals surface area (Å²) in [4.78, 5) is 43.9. The van der Waals surface area contributed by atoms with Gasteiger partial charge in [-0.25, -0.2) is 4.99 Å². The van der Waals surface area contributed by atoms with Gasteiger partial charge in [-0.3, -0.25) is 24.3 Å². The molecule has 13 heteroatoms. The number of methoxy groups -OCH3 is 1. The van der Waals surface area contributed by atoms with Gasteiger partial charge in [0.15, 0.2) is 4.80 Å². The highest BCUT2D eigenvalue weighted by atomic mass is 79.9. The van der Waals surface area contributed by atoms with E-state index in [-0.39, 0.29) is 23.8 Å². The third-order valence-corrected chi connectivity index (χ3v) is 9.59. The predicted octanol–water partition coefficient (Wildman–Crippen LogP) is 6.89. The van der Waals surface area contributed by atoms with E-state index in [0.29, 0.717) is 53.4 Å². The van der Waals surface area contributed by atoms with Crippen molar-refractivity contribution in [3.8, 4) is 11.5 Å². The highest BCUT2D eigenvalue weighted by molar-refractivity contribution is 9.11. The zero-order chi connectivity index (χ0) is 33.9. The van der Waals surface area contributed by atoms with Crippen LogP contribution in [0.1, 0.15) is 29.7 Å². The molecule has 0 bridgehead atoms. The molecule has 1 N–H and O–H groups in total. The molecule has 0 saturated heterocycles. The molecule has 0 unspecified atom stereocenters. The number of anilines is 1. The second kappa shape index (κ2) is 14.1. The van der Waals surface area contributed by atoms with Crippen molar-refractivity contribution in [3.05, 3.63) is 158 Å². The molecule has 48 heavy (non-hydrogen) atoms. The number of fused-ring (bicyclic) bond motifs is 1. The molecule has 1 aliphatic heterocycles. The van der Waals surface area contributed by atoms with Crippen LogP contribution < -0.4 is 29.7 Å². The van der Waals surface area contributed by atoms with Gasteiger partial charge in [0.2, 0.25) is 0 Å². The summed E-state index contributed by atoms with van der Waals surface area (Å²) < 4.78 is 15.0. The van der Waals surface area contributed by atoms with Gasteiger partial charge in [-0.1, -0.05) is 57.6 Å². The summed E-state index contributed by atoms with van der Waals surface area (Å²) in [5, 5.41) is 14.0. The number of nitro benzene ring substituents is 1. The van der Waals surface area contributed by atoms with Gasteiger partial charge < -0.3 is 14.8 Å². The van der Waals surface area contributed by atoms with E-state index >= 15 is 0 Å². The van der Waals surface area contributed by atoms with Gasteiger partial charge in [-0.2, -0.15) is 0 Å². The van der Waals surface area contributed by atoms with Crippen molar-refractivity contribution in [1.29, 1.82) is 0 Å². The number of aromatic nitrogens is 1. The normalized spacial score (nSPS) is 14.2. The molecule has 1 aromatic heterocycles. The first-order chi connectivity index (χ1) is 23.1. The van der Waals surface area contributed by atoms with Crippen molar-refractivity contribution in [2.24, 2.45) is 4.99 Å². The van der Waals surface area contributed by atoms with Crippen LogP contribution in [-0.2, 0) is 11.4 Å². The Morgan fingerprint density at radius 1 is 1.06 bits per heavy atom. The molecule has 6 rings (SSSR count). The largest absolute Gasteiger partial charge is 0.497 e. The summed E-state index contributed by atoms with van der Waals surface area (Å²) >= 11 is 8.32. The lowest BCUT2D eigenvalue weighted by atomic mass is 9.95. The van der Waals surface area contributed by atoms with Gasteiger partial charge >= 0.3 is 0 Å². The lowest BCUT2D eigenvalue weighted by Gasteiger charge is -2.25. The second-order valence-corrected chi connectivity index (χ2v) is 13.5. The number of hydrogen-bond acceptors (Lipinski definition) is 8. The third kappa shape index (κ3) is 6.89. The van der Waals surface area contributed by atoms with Gasteiger partial charge in [-0.05, 0) is 88.6 Å². The standard InChI is InChI=1S/C35H26Br2N4O6S/c1-20-30(33(42)39-25-8-4-3-5-9-25)31(22-7-6-10-27(16-22)46-2)40-34(43)29(48-35(40)38-20)17-23-15-24(36)18-28(37)32(23)47-19-21-11-13-26(14-12-21)41(44)45/h3-18,31H,19H2,1-2H3,(H,39,42)/b29-17-/t31-/m0/s1. The summed E-state index contributed by atoms with van der Waals surface area (Å²) in [5.41, 5.74) is 3.13. The SMILES string of the molecule is COc1cccc([C@H]2C(C(=O)Nc3ccccc3)=C(C)N=c3s/c(=C\c4cc(Br)cc(Br)c4OCc4ccc([N+](=O)[O-])cc4)c(=O)n32)c1. The van der Waals surface area contributed by atoms with E-state index in [1.807, 2.05) is 48.5 Å². The molecule has 10 nitrogen and oxygen atoms in total. The van der Waals surface area contributed by atoms with Crippen molar-refractivity contribution in [2.45, 2.75) is 19.6 Å². The summed E-state index contributed by atoms with van der Waals surface area (Å²) in [6.45, 7) is 1.90. The Labute approximate surface area is 295 Å². The smallest absolute Gasteiger partial charge is 0.271 e. The van der Waals surface area contributed by atoms with E-state index < -0.39 is 11.0 Å². The maximum atomic E-state index is 14.3. The minimum atomic E-state index is -0.783. The van der Waals surface area contributed by atoms with E-state index in [1.165, 1.54) is 23.5 Å². The van der Waals surface area contributed by atoms with Crippen LogP contribution in [0.15, 0.2) is 121 Å². The van der Waals surface area contributed by atoms with Crippen molar-refractivity contribution in [2.75, 3.05) is 12.4 Å². The van der Waals surface area contributed by atoms with Crippen molar-refractivity contribution < 1.29 is 19.2 Å². The Hall–Kier alpha value is -4.85. The molecule has 0 spiro atoms. The van der Waals surface area contributed by atoms with Crippen LogP contribution in [0.25, 0.3) is 6.08 Å². The first kappa shape index (κ1) is 33.1. The zero-order valence-corrected chi connectivity index (χ0v) is 29.5. The van der Waals surface area contributed by atoms with Gasteiger partial charge in [0, 0.05) is 27.9 Å². The van der Waals surface area contributed by atoms with Crippen LogP contribution in [0, 0.1) is 10.1 Å². The van der Waals surface area contributed by atoms with Gasteiger partial charge in [0.1, 0.15) is 18.1 Å². The number of nitrogens with one attached hydrogen (secondary N) is 1. The number of benzene rings is 4. The number of thiazole rings is 1. The van der Waals surface area contributed by atoms with Crippen molar-refractivity contribution >= 4 is 66.6 Å². The highest BCUT2D eigenvalue weighted by Crippen LogP contribution is 2.35. The predicted molar refractivity (Wildman–Crippen MR) is 191 cm³/mol. The quantitative estimate of drug-likeness (QED) is 0.128. The van der Waals surface area contributed by atoms with Crippen LogP contribution in [0.4, 0.5) is 11.4 Å². The molecule has 4 aromatic carbocycles. The summed E-state index contributed by atoms with van der Waals surface area (Å²) in [7, 11) is 1.56. The second-order valence-electron chi connectivity index (χ2n) is 10.7. The number of carbonyl (C=O) groups excluding carboxylic acids is 1. The molecule has 1 aliphatic rings. The molecule has 5 aromatic rings. The van der Waals surface area contributed by atoms with E-state index in [2.05, 4.69) is 37.2 Å². The highest BCUT2D eigenvalue weighted by Gasteiger charge is 2.33. The number of rotatable bonds is 9. The molecule has 0 fully saturated rings. The lowest BCUT2D eigenvalue weighted by molar-refractivity contribution is -0.384. The number of hydrogen-bond donors (Lipinski definition) is 1. The average Bonchev–Trinajstić information content (AvgIpc) is 3.37. The topological polar surface area (TPSA) is 125 Å². The fourth-order valence-electron chi connectivity index (χ4n) is 5.31. The minimum absolute atomic E-state index is 0.0113. The Morgan fingerprint density at radius 3 is 2.52 bits per heavy atom. The van der Waals surface area contributed by atoms with Crippen LogP contribution in [-0.4, -0.2) is 22.5 Å². The van der Waals surface area contributed by atoms with Gasteiger partial charge in [-0.15, -0.1) is 0 Å². The molecular formula is C35H26Br2N4O6S. The van der Waals surface area contributed by atoms with E-state index in [0.717, 1.165) is 10.0 Å². The first-order valence-electron chi connectivity index (χ1n) is 14.5. The molecule has 0 saturated carbocycles. The number of nitro groups is 1. The number of para-hydroxylation sites is 1. The van der Waals surface area contributed by atoms with Crippen LogP contribution >= 0.6 is 43.2 Å². The average molecular weight is 790 g/mol. The summed E-state index contributed by atoms with van der Waals surface area (Å²) in [5.74, 6) is 0.689. The Balaban J connectivity index is 1.44. The molecular weight excluding hydrogens is 764 g/mol. The number of amides is 1. The van der Waals surface area contributed by atoms with E-state index in [4.69, 9.17) is 14.5 Å². The van der Waals surface area contributed by atoms with E-state index in [9.17, 15) is 19.7 Å². The monoisotopic (exact) mass is 788 g/mol. The lowest BCUT2D eigenvalue weighted by Crippen LogP contribution is -2.40. The number of non-ortho nitro benzene ring substituents is 1. The van der Waals surface area contributed by atoms with Crippen molar-refractivity contribution in [3.63, 3.8) is 0 Å². The zero-order valence-electron chi connectivity index (χ0n) is 25.5. The molecule has 1 atom stereocenters. The van der Waals surface area contributed by atoms with E-state index in [1.54, 1.807) is 55.0 Å². The first-order valence-corrected chi connectivity index (χ1v) is 16.9. The summed E-state index contributed by atoms with van der Waals surface area (Å²) in [6, 6.07) is 25.4. The molecule has 2 heterocycles. The number of ether oxygens (including phenoxy) is 2. The fourth-order valence-corrected chi connectivity index (χ4v) is 7.72. The Bertz CT molecular complexity index is 2270. The molecule has 1 amide bonds. The number of nitrogens with zero attached hydrogens (tertiary/aromatic N) is 3. The fraction of sp³-hybridized carbons (Fsp3) is 0.114. The van der Waals surface area contributed by atoms with Crippen LogP contribution in [0.5, 0.6) is 11.5 Å². The molecule has 0 radical (unpaired) electrons. The molecule has 242 valence electrons. The number of carbonyl (C=O) groups is 1. The van der Waals surface area contributed by atoms with Gasteiger partial charge in [0.25, 0.3) is 17.2 Å². The van der Waals surface area contributed by atoms with Crippen molar-refractivity contribution in [1.82, 2.24) is 4.57 Å². The summed E-state index contributed by atoms with van der Waals surface area (Å²) in [6.07, 6.45) is 1.73. The van der Waals surface area contributed by atoms with Crippen LogP contribution in [0.2, 0.25) is 0 Å². The third-order valence-electron chi connectivity index (χ3n) is 7.56. The maximum absolute atomic E-state index is 14.3. The van der Waals surface area contributed by atoms with Gasteiger partial charge in [0.05, 0.1) is 38.4 Å². The Kier molecular flexibility index (Phi) is 9.71. The Morgan fingerprint density at radius 2 is 1.81 bits per heavy atom. The number of allylic oxidation sites excluding steroid dienone is 1. The minimum Gasteiger partial charge on any atom is -0.497 e. The number of halogens is 2. The maximum Gasteiger partial charge on any atom is 0.271 e. The van der Waals surface area contributed by atoms with Crippen LogP contribution in [0.3, 0.4) is 0 Å².